The summed E-state index contributed by atoms with van der Waals surface area (Å²) in [6, 6.07) is 6.93. The van der Waals surface area contributed by atoms with Gasteiger partial charge in [-0.15, -0.1) is 12.8 Å². The molecule has 0 N–H and O–H groups in total. The highest BCUT2D eigenvalue weighted by atomic mass is 19.1. The van der Waals surface area contributed by atoms with Gasteiger partial charge in [-0.2, -0.15) is 0 Å². The minimum atomic E-state index is -0.120. The van der Waals surface area contributed by atoms with Crippen molar-refractivity contribution in [1.82, 2.24) is 0 Å². The Kier molecular flexibility index (Phi) is 14.6. The van der Waals surface area contributed by atoms with Crippen LogP contribution >= 0.6 is 0 Å². The van der Waals surface area contributed by atoms with Crippen LogP contribution in [0.2, 0.25) is 0 Å². The van der Waals surface area contributed by atoms with Crippen molar-refractivity contribution in [2.24, 2.45) is 5.92 Å². The highest BCUT2D eigenvalue weighted by Crippen LogP contribution is 2.14. The Labute approximate surface area is 113 Å². The maximum Gasteiger partial charge on any atom is 0.123 e. The van der Waals surface area contributed by atoms with Crippen LogP contribution in [-0.2, 0) is 6.42 Å². The Morgan fingerprint density at radius 2 is 1.78 bits per heavy atom. The van der Waals surface area contributed by atoms with Gasteiger partial charge in [-0.3, -0.25) is 0 Å². The molecule has 0 aromatic heterocycles. The molecular weight excluding hydrogens is 223 g/mol. The fourth-order valence-electron chi connectivity index (χ4n) is 1.74. The van der Waals surface area contributed by atoms with Crippen molar-refractivity contribution in [2.75, 3.05) is 0 Å². The fourth-order valence-corrected chi connectivity index (χ4v) is 1.74. The van der Waals surface area contributed by atoms with Crippen LogP contribution in [0.3, 0.4) is 0 Å². The maximum atomic E-state index is 12.8. The minimum Gasteiger partial charge on any atom is -0.207 e. The number of hydrogen-bond acceptors (Lipinski definition) is 0. The second kappa shape index (κ2) is 13.8. The zero-order valence-electron chi connectivity index (χ0n) is 12.2. The molecule has 0 saturated heterocycles. The number of halogens is 1. The molecule has 0 fully saturated rings. The third kappa shape index (κ3) is 9.90. The monoisotopic (exact) mass is 250 g/mol. The molecule has 1 rings (SSSR count). The smallest absolute Gasteiger partial charge is 0.123 e. The predicted octanol–water partition coefficient (Wildman–Crippen LogP) is 5.47. The standard InChI is InChI=1S/C13H19F.C2H6.C2H2/c1-3-5-11(2)8-9-12-6-4-7-13(14)10-12;2*1-2/h4,6-7,10-11H,3,5,8-9H2,1-2H3;1-2H3;1-2H/t11-;;/m1../s1. The van der Waals surface area contributed by atoms with Crippen LogP contribution in [0.1, 0.15) is 52.5 Å². The molecule has 1 atom stereocenters. The van der Waals surface area contributed by atoms with E-state index in [1.807, 2.05) is 19.9 Å². The molecule has 1 aromatic carbocycles. The normalized spacial score (nSPS) is 10.4. The van der Waals surface area contributed by atoms with Gasteiger partial charge in [0.15, 0.2) is 0 Å². The van der Waals surface area contributed by atoms with Crippen molar-refractivity contribution in [3.05, 3.63) is 35.6 Å². The lowest BCUT2D eigenvalue weighted by Gasteiger charge is -2.09. The van der Waals surface area contributed by atoms with Gasteiger partial charge in [-0.05, 0) is 36.5 Å². The minimum absolute atomic E-state index is 0.120. The van der Waals surface area contributed by atoms with Crippen LogP contribution < -0.4 is 0 Å². The molecule has 0 bridgehead atoms. The van der Waals surface area contributed by atoms with Crippen molar-refractivity contribution in [1.29, 1.82) is 0 Å². The Morgan fingerprint density at radius 3 is 2.28 bits per heavy atom. The Hall–Kier alpha value is -1.29. The van der Waals surface area contributed by atoms with Crippen molar-refractivity contribution in [3.63, 3.8) is 0 Å². The van der Waals surface area contributed by atoms with Crippen LogP contribution in [0.4, 0.5) is 4.39 Å². The van der Waals surface area contributed by atoms with Crippen molar-refractivity contribution >= 4 is 0 Å². The Balaban J connectivity index is 0. The van der Waals surface area contributed by atoms with Crippen LogP contribution in [0.25, 0.3) is 0 Å². The predicted molar refractivity (Wildman–Crippen MR) is 80.0 cm³/mol. The van der Waals surface area contributed by atoms with Gasteiger partial charge in [0.1, 0.15) is 5.82 Å². The van der Waals surface area contributed by atoms with Crippen LogP contribution in [0.5, 0.6) is 0 Å². The molecule has 0 aliphatic heterocycles. The first-order valence-electron chi connectivity index (χ1n) is 6.80. The van der Waals surface area contributed by atoms with Crippen molar-refractivity contribution in [2.45, 2.75) is 53.4 Å². The third-order valence-electron chi connectivity index (χ3n) is 2.60. The van der Waals surface area contributed by atoms with E-state index < -0.39 is 0 Å². The second-order valence-electron chi connectivity index (χ2n) is 4.06. The average molecular weight is 250 g/mol. The summed E-state index contributed by atoms with van der Waals surface area (Å²) in [5.41, 5.74) is 1.12. The average Bonchev–Trinajstić information content (AvgIpc) is 2.42. The maximum absolute atomic E-state index is 12.8. The quantitative estimate of drug-likeness (QED) is 0.608. The molecule has 0 aliphatic carbocycles. The topological polar surface area (TPSA) is 0 Å². The van der Waals surface area contributed by atoms with E-state index in [2.05, 4.69) is 26.7 Å². The molecule has 102 valence electrons. The van der Waals surface area contributed by atoms with Gasteiger partial charge < -0.3 is 0 Å². The molecule has 1 aromatic rings. The molecule has 0 unspecified atom stereocenters. The SMILES string of the molecule is C#C.CC.CCC[C@@H](C)CCc1cccc(F)c1. The van der Waals surface area contributed by atoms with Gasteiger partial charge >= 0.3 is 0 Å². The summed E-state index contributed by atoms with van der Waals surface area (Å²) in [7, 11) is 0. The number of terminal acetylenes is 1. The van der Waals surface area contributed by atoms with E-state index in [0.29, 0.717) is 0 Å². The van der Waals surface area contributed by atoms with E-state index in [1.54, 1.807) is 12.1 Å². The van der Waals surface area contributed by atoms with Gasteiger partial charge in [0.2, 0.25) is 0 Å². The van der Waals surface area contributed by atoms with Gasteiger partial charge in [-0.25, -0.2) is 4.39 Å². The Bertz CT molecular complexity index is 301. The van der Waals surface area contributed by atoms with E-state index in [1.165, 1.54) is 18.9 Å². The second-order valence-corrected chi connectivity index (χ2v) is 4.06. The molecule has 0 aliphatic rings. The van der Waals surface area contributed by atoms with Gasteiger partial charge in [0.25, 0.3) is 0 Å². The fraction of sp³-hybridized carbons (Fsp3) is 0.529. The largest absolute Gasteiger partial charge is 0.207 e. The zero-order valence-corrected chi connectivity index (χ0v) is 12.2. The van der Waals surface area contributed by atoms with Crippen LogP contribution in [0.15, 0.2) is 24.3 Å². The van der Waals surface area contributed by atoms with Crippen LogP contribution in [-0.4, -0.2) is 0 Å². The first kappa shape index (κ1) is 19.1. The summed E-state index contributed by atoms with van der Waals surface area (Å²) in [4.78, 5) is 0. The highest BCUT2D eigenvalue weighted by molar-refractivity contribution is 5.16. The summed E-state index contributed by atoms with van der Waals surface area (Å²) in [5.74, 6) is 0.633. The molecule has 0 nitrogen and oxygen atoms in total. The van der Waals surface area contributed by atoms with Crippen molar-refractivity contribution < 1.29 is 4.39 Å². The number of rotatable bonds is 5. The van der Waals surface area contributed by atoms with Crippen LogP contribution in [0, 0.1) is 24.6 Å². The molecule has 0 spiro atoms. The van der Waals surface area contributed by atoms with E-state index in [4.69, 9.17) is 0 Å². The first-order valence-corrected chi connectivity index (χ1v) is 6.80. The number of aryl methyl sites for hydroxylation is 1. The number of benzene rings is 1. The number of hydrogen-bond donors (Lipinski definition) is 0. The highest BCUT2D eigenvalue weighted by Gasteiger charge is 2.01. The summed E-state index contributed by atoms with van der Waals surface area (Å²) >= 11 is 0. The summed E-state index contributed by atoms with van der Waals surface area (Å²) < 4.78 is 12.8. The lowest BCUT2D eigenvalue weighted by Crippen LogP contribution is -1.97. The van der Waals surface area contributed by atoms with E-state index >= 15 is 0 Å². The molecule has 0 radical (unpaired) electrons. The van der Waals surface area contributed by atoms with Gasteiger partial charge in [-0.1, -0.05) is 52.7 Å². The summed E-state index contributed by atoms with van der Waals surface area (Å²) in [5, 5.41) is 0. The summed E-state index contributed by atoms with van der Waals surface area (Å²) in [6.45, 7) is 8.47. The molecule has 0 saturated carbocycles. The molecule has 0 amide bonds. The third-order valence-corrected chi connectivity index (χ3v) is 2.60. The Morgan fingerprint density at radius 1 is 1.17 bits per heavy atom. The lowest BCUT2D eigenvalue weighted by molar-refractivity contribution is 0.486. The van der Waals surface area contributed by atoms with E-state index in [0.717, 1.165) is 24.3 Å². The molecule has 1 heteroatoms. The molecular formula is C17H27F. The van der Waals surface area contributed by atoms with Gasteiger partial charge in [0, 0.05) is 0 Å². The first-order chi connectivity index (χ1) is 8.72. The summed E-state index contributed by atoms with van der Waals surface area (Å²) in [6.07, 6.45) is 12.7. The van der Waals surface area contributed by atoms with E-state index in [9.17, 15) is 4.39 Å². The molecule has 18 heavy (non-hydrogen) atoms. The molecule has 0 heterocycles. The van der Waals surface area contributed by atoms with E-state index in [-0.39, 0.29) is 5.82 Å². The lowest BCUT2D eigenvalue weighted by atomic mass is 9.97. The van der Waals surface area contributed by atoms with Crippen molar-refractivity contribution in [3.8, 4) is 12.8 Å². The van der Waals surface area contributed by atoms with Gasteiger partial charge in [0.05, 0.1) is 0 Å². The zero-order chi connectivity index (χ0) is 14.4.